The van der Waals surface area contributed by atoms with Gasteiger partial charge in [-0.1, -0.05) is 6.42 Å². The van der Waals surface area contributed by atoms with Crippen molar-refractivity contribution in [1.29, 1.82) is 0 Å². The van der Waals surface area contributed by atoms with Crippen LogP contribution < -0.4 is 5.32 Å². The largest absolute Gasteiger partial charge is 0.505 e. The molecule has 1 heterocycles. The van der Waals surface area contributed by atoms with Crippen molar-refractivity contribution >= 4 is 0 Å². The lowest BCUT2D eigenvalue weighted by atomic mass is 9.97. The van der Waals surface area contributed by atoms with Crippen molar-refractivity contribution in [2.75, 3.05) is 6.54 Å². The van der Waals surface area contributed by atoms with Crippen LogP contribution in [0.3, 0.4) is 0 Å². The summed E-state index contributed by atoms with van der Waals surface area (Å²) in [7, 11) is 0. The van der Waals surface area contributed by atoms with Crippen molar-refractivity contribution in [3.63, 3.8) is 0 Å². The highest BCUT2D eigenvalue weighted by Gasteiger charge is 2.19. The SMILES string of the molecule is Oc1ccc(F)c(CC2CCCCN2)c1F. The van der Waals surface area contributed by atoms with E-state index in [9.17, 15) is 13.9 Å². The number of rotatable bonds is 2. The molecule has 0 bridgehead atoms. The van der Waals surface area contributed by atoms with E-state index in [2.05, 4.69) is 5.32 Å². The van der Waals surface area contributed by atoms with E-state index in [4.69, 9.17) is 0 Å². The fourth-order valence-electron chi connectivity index (χ4n) is 2.12. The Labute approximate surface area is 93.3 Å². The molecule has 2 nitrogen and oxygen atoms in total. The van der Waals surface area contributed by atoms with Gasteiger partial charge in [-0.25, -0.2) is 8.78 Å². The highest BCUT2D eigenvalue weighted by Crippen LogP contribution is 2.24. The van der Waals surface area contributed by atoms with E-state index in [-0.39, 0.29) is 11.6 Å². The highest BCUT2D eigenvalue weighted by molar-refractivity contribution is 5.31. The average molecular weight is 227 g/mol. The summed E-state index contributed by atoms with van der Waals surface area (Å²) >= 11 is 0. The molecule has 0 radical (unpaired) electrons. The first-order valence-electron chi connectivity index (χ1n) is 5.57. The van der Waals surface area contributed by atoms with Crippen molar-refractivity contribution in [2.24, 2.45) is 0 Å². The topological polar surface area (TPSA) is 32.3 Å². The van der Waals surface area contributed by atoms with Crippen LogP contribution in [0.15, 0.2) is 12.1 Å². The van der Waals surface area contributed by atoms with Gasteiger partial charge in [-0.3, -0.25) is 0 Å². The Kier molecular flexibility index (Phi) is 3.39. The lowest BCUT2D eigenvalue weighted by molar-refractivity contribution is 0.380. The molecule has 0 saturated carbocycles. The van der Waals surface area contributed by atoms with Crippen molar-refractivity contribution in [1.82, 2.24) is 5.32 Å². The van der Waals surface area contributed by atoms with E-state index >= 15 is 0 Å². The molecule has 1 unspecified atom stereocenters. The van der Waals surface area contributed by atoms with Gasteiger partial charge in [0.25, 0.3) is 0 Å². The van der Waals surface area contributed by atoms with Gasteiger partial charge in [0.2, 0.25) is 0 Å². The highest BCUT2D eigenvalue weighted by atomic mass is 19.1. The van der Waals surface area contributed by atoms with Crippen LogP contribution in [0.5, 0.6) is 5.75 Å². The summed E-state index contributed by atoms with van der Waals surface area (Å²) in [5.74, 6) is -1.89. The quantitative estimate of drug-likeness (QED) is 0.812. The van der Waals surface area contributed by atoms with Gasteiger partial charge in [-0.15, -0.1) is 0 Å². The summed E-state index contributed by atoms with van der Waals surface area (Å²) in [6, 6.07) is 2.26. The van der Waals surface area contributed by atoms with Crippen LogP contribution in [-0.2, 0) is 6.42 Å². The predicted octanol–water partition coefficient (Wildman–Crippen LogP) is 2.35. The third-order valence-corrected chi connectivity index (χ3v) is 3.03. The monoisotopic (exact) mass is 227 g/mol. The molecule has 16 heavy (non-hydrogen) atoms. The number of hydrogen-bond acceptors (Lipinski definition) is 2. The summed E-state index contributed by atoms with van der Waals surface area (Å²) in [5.41, 5.74) is -0.0144. The van der Waals surface area contributed by atoms with E-state index < -0.39 is 17.4 Å². The standard InChI is InChI=1S/C12H15F2NO/c13-10-4-5-11(16)12(14)9(10)7-8-3-1-2-6-15-8/h4-5,8,15-16H,1-3,6-7H2. The molecule has 1 fully saturated rings. The zero-order chi connectivity index (χ0) is 11.5. The van der Waals surface area contributed by atoms with E-state index in [0.717, 1.165) is 37.9 Å². The van der Waals surface area contributed by atoms with Gasteiger partial charge >= 0.3 is 0 Å². The van der Waals surface area contributed by atoms with Crippen LogP contribution in [0.1, 0.15) is 24.8 Å². The number of halogens is 2. The third kappa shape index (κ3) is 2.32. The molecule has 88 valence electrons. The maximum Gasteiger partial charge on any atom is 0.170 e. The predicted molar refractivity (Wildman–Crippen MR) is 57.4 cm³/mol. The molecule has 0 aromatic heterocycles. The van der Waals surface area contributed by atoms with Crippen molar-refractivity contribution < 1.29 is 13.9 Å². The Morgan fingerprint density at radius 1 is 1.31 bits per heavy atom. The second-order valence-electron chi connectivity index (χ2n) is 4.21. The Balaban J connectivity index is 2.16. The molecule has 2 rings (SSSR count). The number of piperidine rings is 1. The summed E-state index contributed by atoms with van der Waals surface area (Å²) in [6.07, 6.45) is 3.42. The number of phenolic OH excluding ortho intramolecular Hbond substituents is 1. The fourth-order valence-corrected chi connectivity index (χ4v) is 2.12. The molecule has 0 spiro atoms. The van der Waals surface area contributed by atoms with E-state index in [1.165, 1.54) is 0 Å². The molecular weight excluding hydrogens is 212 g/mol. The normalized spacial score (nSPS) is 21.0. The molecule has 0 aliphatic carbocycles. The maximum atomic E-state index is 13.5. The molecule has 1 aliphatic heterocycles. The Bertz CT molecular complexity index is 376. The summed E-state index contributed by atoms with van der Waals surface area (Å²) < 4.78 is 26.9. The second-order valence-corrected chi connectivity index (χ2v) is 4.21. The zero-order valence-corrected chi connectivity index (χ0v) is 8.97. The molecule has 1 saturated heterocycles. The van der Waals surface area contributed by atoms with Gasteiger partial charge in [-0.2, -0.15) is 0 Å². The van der Waals surface area contributed by atoms with Gasteiger partial charge in [0.05, 0.1) is 0 Å². The minimum atomic E-state index is -0.827. The number of benzene rings is 1. The molecule has 1 aliphatic rings. The summed E-state index contributed by atoms with van der Waals surface area (Å²) in [6.45, 7) is 0.896. The first-order chi connectivity index (χ1) is 7.68. The van der Waals surface area contributed by atoms with Crippen LogP contribution in [0.2, 0.25) is 0 Å². The molecule has 0 amide bonds. The molecule has 1 aromatic carbocycles. The minimum absolute atomic E-state index is 0.0144. The third-order valence-electron chi connectivity index (χ3n) is 3.03. The Morgan fingerprint density at radius 2 is 2.12 bits per heavy atom. The van der Waals surface area contributed by atoms with Crippen LogP contribution in [0.4, 0.5) is 8.78 Å². The Hall–Kier alpha value is -1.16. The van der Waals surface area contributed by atoms with Gasteiger partial charge in [-0.05, 0) is 37.9 Å². The maximum absolute atomic E-state index is 13.5. The van der Waals surface area contributed by atoms with Crippen LogP contribution in [0, 0.1) is 11.6 Å². The van der Waals surface area contributed by atoms with Gasteiger partial charge < -0.3 is 10.4 Å². The fraction of sp³-hybridized carbons (Fsp3) is 0.500. The lowest BCUT2D eigenvalue weighted by Gasteiger charge is -2.23. The number of hydrogen-bond donors (Lipinski definition) is 2. The number of aromatic hydroxyl groups is 1. The van der Waals surface area contributed by atoms with E-state index in [0.29, 0.717) is 6.42 Å². The average Bonchev–Trinajstić information content (AvgIpc) is 2.31. The van der Waals surface area contributed by atoms with E-state index in [1.807, 2.05) is 0 Å². The molecule has 2 N–H and O–H groups in total. The summed E-state index contributed by atoms with van der Waals surface area (Å²) in [4.78, 5) is 0. The van der Waals surface area contributed by atoms with E-state index in [1.54, 1.807) is 0 Å². The lowest BCUT2D eigenvalue weighted by Crippen LogP contribution is -2.36. The first-order valence-corrected chi connectivity index (χ1v) is 5.57. The van der Waals surface area contributed by atoms with Gasteiger partial charge in [0, 0.05) is 11.6 Å². The van der Waals surface area contributed by atoms with Crippen LogP contribution in [-0.4, -0.2) is 17.7 Å². The Morgan fingerprint density at radius 3 is 2.81 bits per heavy atom. The van der Waals surface area contributed by atoms with Gasteiger partial charge in [0.1, 0.15) is 5.82 Å². The molecule has 1 atom stereocenters. The van der Waals surface area contributed by atoms with Crippen LogP contribution >= 0.6 is 0 Å². The minimum Gasteiger partial charge on any atom is -0.505 e. The van der Waals surface area contributed by atoms with Crippen LogP contribution in [0.25, 0.3) is 0 Å². The molecule has 4 heteroatoms. The van der Waals surface area contributed by atoms with Crippen molar-refractivity contribution in [3.05, 3.63) is 29.3 Å². The molecule has 1 aromatic rings. The van der Waals surface area contributed by atoms with Crippen molar-refractivity contribution in [2.45, 2.75) is 31.7 Å². The summed E-state index contributed by atoms with van der Waals surface area (Å²) in [5, 5.41) is 12.4. The zero-order valence-electron chi connectivity index (χ0n) is 8.97. The smallest absolute Gasteiger partial charge is 0.170 e. The number of phenols is 1. The first kappa shape index (κ1) is 11.3. The molecular formula is C12H15F2NO. The second kappa shape index (κ2) is 4.78. The van der Waals surface area contributed by atoms with Crippen molar-refractivity contribution in [3.8, 4) is 5.75 Å². The van der Waals surface area contributed by atoms with Gasteiger partial charge in [0.15, 0.2) is 11.6 Å². The number of nitrogens with one attached hydrogen (secondary N) is 1.